The van der Waals surface area contributed by atoms with E-state index in [1.54, 1.807) is 30.3 Å². The van der Waals surface area contributed by atoms with Crippen LogP contribution in [0.25, 0.3) is 22.4 Å². The van der Waals surface area contributed by atoms with Crippen molar-refractivity contribution in [2.75, 3.05) is 13.2 Å². The first kappa shape index (κ1) is 30.7. The van der Waals surface area contributed by atoms with Gasteiger partial charge in [-0.25, -0.2) is 23.1 Å². The van der Waals surface area contributed by atoms with Crippen LogP contribution in [0.4, 0.5) is 13.2 Å². The summed E-state index contributed by atoms with van der Waals surface area (Å²) in [6, 6.07) is 15.8. The predicted molar refractivity (Wildman–Crippen MR) is 164 cm³/mol. The number of amides is 2. The second-order valence-electron chi connectivity index (χ2n) is 12.0. The van der Waals surface area contributed by atoms with Crippen molar-refractivity contribution >= 4 is 34.5 Å². The average Bonchev–Trinajstić information content (AvgIpc) is 3.50. The molecule has 13 heteroatoms. The van der Waals surface area contributed by atoms with Crippen molar-refractivity contribution in [2.45, 2.75) is 36.5 Å². The zero-order chi connectivity index (χ0) is 33.3. The molecule has 1 saturated carbocycles. The fourth-order valence-corrected chi connectivity index (χ4v) is 5.80. The van der Waals surface area contributed by atoms with Gasteiger partial charge in [-0.2, -0.15) is 0 Å². The maximum absolute atomic E-state index is 15.3. The number of halogens is 4. The smallest absolute Gasteiger partial charge is 0.251 e. The Bertz CT molecular complexity index is 2110. The SMILES string of the molecule is C[C@]1(C(N)=O)COc2c1cc([C@@](O)(CNC(=O)c1ccc3nc(C4(F)CC4)oc3c1)c1ccccc1)nc2-c1cc(Cl)c(F)cc1F. The first-order chi connectivity index (χ1) is 22.3. The van der Waals surface area contributed by atoms with E-state index >= 15 is 4.39 Å². The molecule has 0 radical (unpaired) electrons. The maximum Gasteiger partial charge on any atom is 0.251 e. The Balaban J connectivity index is 1.32. The van der Waals surface area contributed by atoms with Gasteiger partial charge in [0.15, 0.2) is 11.3 Å². The van der Waals surface area contributed by atoms with Gasteiger partial charge in [-0.15, -0.1) is 0 Å². The second kappa shape index (κ2) is 10.8. The van der Waals surface area contributed by atoms with Gasteiger partial charge >= 0.3 is 0 Å². The Morgan fingerprint density at radius 1 is 1.06 bits per heavy atom. The summed E-state index contributed by atoms with van der Waals surface area (Å²) >= 11 is 6.01. The Hall–Kier alpha value is -4.94. The first-order valence-corrected chi connectivity index (χ1v) is 15.0. The van der Waals surface area contributed by atoms with Crippen molar-refractivity contribution in [1.82, 2.24) is 15.3 Å². The number of fused-ring (bicyclic) bond motifs is 2. The summed E-state index contributed by atoms with van der Waals surface area (Å²) < 4.78 is 55.4. The van der Waals surface area contributed by atoms with E-state index in [4.69, 9.17) is 26.5 Å². The molecule has 0 spiro atoms. The average molecular weight is 663 g/mol. The third-order valence-electron chi connectivity index (χ3n) is 8.78. The van der Waals surface area contributed by atoms with Crippen LogP contribution in [0, 0.1) is 11.6 Å². The van der Waals surface area contributed by atoms with E-state index in [2.05, 4.69) is 15.3 Å². The molecule has 4 N–H and O–H groups in total. The molecule has 2 atom stereocenters. The monoisotopic (exact) mass is 662 g/mol. The Kier molecular flexibility index (Phi) is 7.06. The number of nitrogens with two attached hydrogens (primary N) is 1. The van der Waals surface area contributed by atoms with Crippen molar-refractivity contribution in [2.24, 2.45) is 5.73 Å². The van der Waals surface area contributed by atoms with Crippen LogP contribution in [0.2, 0.25) is 5.02 Å². The van der Waals surface area contributed by atoms with Crippen LogP contribution >= 0.6 is 11.6 Å². The van der Waals surface area contributed by atoms with E-state index in [0.29, 0.717) is 30.0 Å². The highest BCUT2D eigenvalue weighted by atomic mass is 35.5. The van der Waals surface area contributed by atoms with E-state index in [1.807, 2.05) is 0 Å². The number of benzene rings is 3. The van der Waals surface area contributed by atoms with Crippen LogP contribution in [0.3, 0.4) is 0 Å². The minimum atomic E-state index is -2.07. The molecule has 2 amide bonds. The first-order valence-electron chi connectivity index (χ1n) is 14.6. The van der Waals surface area contributed by atoms with E-state index in [-0.39, 0.29) is 51.9 Å². The minimum absolute atomic E-state index is 0.0112. The van der Waals surface area contributed by atoms with E-state index in [0.717, 1.165) is 6.07 Å². The molecule has 0 bridgehead atoms. The molecule has 7 rings (SSSR count). The number of alkyl halides is 1. The number of aliphatic hydroxyl groups is 1. The highest BCUT2D eigenvalue weighted by Gasteiger charge is 2.50. The molecule has 0 saturated heterocycles. The molecule has 0 unspecified atom stereocenters. The lowest BCUT2D eigenvalue weighted by Crippen LogP contribution is -2.43. The Morgan fingerprint density at radius 2 is 1.81 bits per heavy atom. The van der Waals surface area contributed by atoms with Crippen LogP contribution in [-0.4, -0.2) is 40.0 Å². The summed E-state index contributed by atoms with van der Waals surface area (Å²) in [5, 5.41) is 14.7. The standard InChI is InChI=1S/C34H26ClF3N4O5/c1-32(30(39)44)16-46-28-20(32)13-26(42-27(28)19-12-21(35)23(37)14-22(19)36)34(45,18-5-3-2-4-6-18)15-40-29(43)17-7-8-24-25(11-17)47-31(41-24)33(38)9-10-33/h2-8,11-14,45H,9-10,15-16H2,1H3,(H2,39,44)(H,40,43)/t32-,34+/m0/s1. The number of hydrogen-bond acceptors (Lipinski definition) is 7. The van der Waals surface area contributed by atoms with Gasteiger partial charge in [0.1, 0.15) is 46.2 Å². The van der Waals surface area contributed by atoms with Crippen LogP contribution in [0.15, 0.2) is 71.1 Å². The highest BCUT2D eigenvalue weighted by molar-refractivity contribution is 6.31. The molecule has 2 aliphatic rings. The van der Waals surface area contributed by atoms with E-state index < -0.39 is 51.7 Å². The number of rotatable bonds is 8. The van der Waals surface area contributed by atoms with Crippen molar-refractivity contribution in [3.8, 4) is 17.0 Å². The molecule has 1 aliphatic carbocycles. The summed E-state index contributed by atoms with van der Waals surface area (Å²) in [6.45, 7) is 0.877. The molecule has 3 heterocycles. The van der Waals surface area contributed by atoms with Crippen LogP contribution in [0.5, 0.6) is 5.75 Å². The van der Waals surface area contributed by atoms with Gasteiger partial charge < -0.3 is 25.3 Å². The van der Waals surface area contributed by atoms with Crippen LogP contribution in [0.1, 0.15) is 52.8 Å². The number of aromatic nitrogens is 2. The summed E-state index contributed by atoms with van der Waals surface area (Å²) in [7, 11) is 0. The molecule has 47 heavy (non-hydrogen) atoms. The highest BCUT2D eigenvalue weighted by Crippen LogP contribution is 2.50. The lowest BCUT2D eigenvalue weighted by molar-refractivity contribution is -0.123. The lowest BCUT2D eigenvalue weighted by Gasteiger charge is -2.30. The number of oxazole rings is 1. The lowest BCUT2D eigenvalue weighted by atomic mass is 9.80. The molecule has 2 aromatic heterocycles. The number of nitrogens with one attached hydrogen (secondary N) is 1. The normalized spacial score (nSPS) is 19.1. The molecule has 5 aromatic rings. The summed E-state index contributed by atoms with van der Waals surface area (Å²) in [4.78, 5) is 34.9. The summed E-state index contributed by atoms with van der Waals surface area (Å²) in [5.74, 6) is -3.39. The quantitative estimate of drug-likeness (QED) is 0.184. The van der Waals surface area contributed by atoms with Crippen molar-refractivity contribution in [3.63, 3.8) is 0 Å². The fourth-order valence-electron chi connectivity index (χ4n) is 5.63. The van der Waals surface area contributed by atoms with Crippen molar-refractivity contribution < 1.29 is 37.0 Å². The number of carbonyl (C=O) groups excluding carboxylic acids is 2. The maximum atomic E-state index is 15.3. The molecule has 240 valence electrons. The number of primary amides is 1. The topological polar surface area (TPSA) is 141 Å². The number of nitrogens with zero attached hydrogens (tertiary/aromatic N) is 2. The molecule has 1 fully saturated rings. The van der Waals surface area contributed by atoms with E-state index in [1.165, 1.54) is 31.2 Å². The number of pyridine rings is 1. The van der Waals surface area contributed by atoms with Gasteiger partial charge in [0.05, 0.1) is 17.3 Å². The van der Waals surface area contributed by atoms with Crippen LogP contribution < -0.4 is 15.8 Å². The summed E-state index contributed by atoms with van der Waals surface area (Å²) in [5.41, 5.74) is 1.48. The second-order valence-corrected chi connectivity index (χ2v) is 12.4. The van der Waals surface area contributed by atoms with Gasteiger partial charge in [0.25, 0.3) is 5.91 Å². The molecule has 1 aliphatic heterocycles. The fraction of sp³-hybridized carbons (Fsp3) is 0.235. The van der Waals surface area contributed by atoms with Gasteiger partial charge in [0.2, 0.25) is 11.8 Å². The van der Waals surface area contributed by atoms with Gasteiger partial charge in [-0.3, -0.25) is 9.59 Å². The zero-order valence-electron chi connectivity index (χ0n) is 24.7. The van der Waals surface area contributed by atoms with E-state index in [9.17, 15) is 23.5 Å². The third kappa shape index (κ3) is 5.08. The van der Waals surface area contributed by atoms with Crippen LogP contribution in [-0.2, 0) is 21.5 Å². The van der Waals surface area contributed by atoms with Crippen molar-refractivity contribution in [1.29, 1.82) is 0 Å². The molecule has 3 aromatic carbocycles. The van der Waals surface area contributed by atoms with Gasteiger partial charge in [-0.05, 0) is 55.7 Å². The predicted octanol–water partition coefficient (Wildman–Crippen LogP) is 5.58. The molecular weight excluding hydrogens is 637 g/mol. The Labute approximate surface area is 270 Å². The van der Waals surface area contributed by atoms with Gasteiger partial charge in [-0.1, -0.05) is 41.9 Å². The zero-order valence-corrected chi connectivity index (χ0v) is 25.5. The molecule has 9 nitrogen and oxygen atoms in total. The number of ether oxygens (including phenoxy) is 1. The number of carbonyl (C=O) groups is 2. The van der Waals surface area contributed by atoms with Crippen molar-refractivity contribution in [3.05, 3.63) is 112 Å². The largest absolute Gasteiger partial charge is 0.489 e. The Morgan fingerprint density at radius 3 is 2.51 bits per heavy atom. The summed E-state index contributed by atoms with van der Waals surface area (Å²) in [6.07, 6.45) is 0.629. The third-order valence-corrected chi connectivity index (χ3v) is 9.07. The number of hydrogen-bond donors (Lipinski definition) is 3. The van der Waals surface area contributed by atoms with Gasteiger partial charge in [0, 0.05) is 22.8 Å². The minimum Gasteiger partial charge on any atom is -0.489 e. The molecular formula is C34H26ClF3N4O5.